The molecule has 0 unspecified atom stereocenters. The van der Waals surface area contributed by atoms with Crippen molar-refractivity contribution >= 4 is 35.0 Å². The van der Waals surface area contributed by atoms with Crippen LogP contribution in [-0.2, 0) is 0 Å². The first-order valence-corrected chi connectivity index (χ1v) is 9.43. The van der Waals surface area contributed by atoms with Crippen LogP contribution < -0.4 is 4.74 Å². The van der Waals surface area contributed by atoms with Crippen molar-refractivity contribution in [3.05, 3.63) is 63.6 Å². The van der Waals surface area contributed by atoms with Gasteiger partial charge in [0.25, 0.3) is 11.8 Å². The number of ether oxygens (including phenoxy) is 1. The summed E-state index contributed by atoms with van der Waals surface area (Å²) in [7, 11) is 1.59. The molecule has 7 heteroatoms. The fraction of sp³-hybridized carbons (Fsp3) is 0.300. The number of amides is 2. The van der Waals surface area contributed by atoms with Crippen LogP contribution in [-0.4, -0.2) is 54.9 Å². The molecule has 0 aromatic heterocycles. The van der Waals surface area contributed by atoms with E-state index in [9.17, 15) is 9.59 Å². The Morgan fingerprint density at radius 1 is 0.889 bits per heavy atom. The van der Waals surface area contributed by atoms with Crippen LogP contribution in [0.2, 0.25) is 10.0 Å². The molecule has 5 nitrogen and oxygen atoms in total. The van der Waals surface area contributed by atoms with Gasteiger partial charge >= 0.3 is 0 Å². The van der Waals surface area contributed by atoms with Crippen molar-refractivity contribution in [2.45, 2.75) is 6.42 Å². The monoisotopic (exact) mass is 406 g/mol. The van der Waals surface area contributed by atoms with Crippen LogP contribution in [0.1, 0.15) is 27.1 Å². The fourth-order valence-corrected chi connectivity index (χ4v) is 3.44. The van der Waals surface area contributed by atoms with E-state index in [1.807, 2.05) is 0 Å². The maximum Gasteiger partial charge on any atom is 0.255 e. The molecule has 0 bridgehead atoms. The Labute approximate surface area is 168 Å². The minimum atomic E-state index is -0.166. The predicted octanol–water partition coefficient (Wildman–Crippen LogP) is 3.99. The third-order valence-corrected chi connectivity index (χ3v) is 5.13. The lowest BCUT2D eigenvalue weighted by Gasteiger charge is -2.23. The highest BCUT2D eigenvalue weighted by Gasteiger charge is 2.24. The van der Waals surface area contributed by atoms with Gasteiger partial charge in [-0.3, -0.25) is 9.59 Å². The smallest absolute Gasteiger partial charge is 0.255 e. The van der Waals surface area contributed by atoms with Crippen molar-refractivity contribution in [1.29, 1.82) is 0 Å². The lowest BCUT2D eigenvalue weighted by molar-refractivity contribution is 0.0719. The standard InChI is InChI=1S/C20H20Cl2N2O3/c1-27-16-6-3-14(4-7-16)19(25)23-9-2-10-24(12-11-23)20(26)17-13-15(21)5-8-18(17)22/h3-8,13H,2,9-12H2,1H3. The molecule has 0 aliphatic carbocycles. The number of methoxy groups -OCH3 is 1. The highest BCUT2D eigenvalue weighted by Crippen LogP contribution is 2.23. The van der Waals surface area contributed by atoms with Crippen molar-refractivity contribution < 1.29 is 14.3 Å². The number of carbonyl (C=O) groups is 2. The molecule has 0 atom stereocenters. The summed E-state index contributed by atoms with van der Waals surface area (Å²) in [5.74, 6) is 0.492. The van der Waals surface area contributed by atoms with Gasteiger partial charge < -0.3 is 14.5 Å². The summed E-state index contributed by atoms with van der Waals surface area (Å²) < 4.78 is 5.13. The third kappa shape index (κ3) is 4.54. The van der Waals surface area contributed by atoms with Crippen LogP contribution >= 0.6 is 23.2 Å². The van der Waals surface area contributed by atoms with E-state index in [-0.39, 0.29) is 11.8 Å². The average Bonchev–Trinajstić information content (AvgIpc) is 2.95. The van der Waals surface area contributed by atoms with Crippen molar-refractivity contribution in [2.75, 3.05) is 33.3 Å². The molecule has 2 aromatic carbocycles. The van der Waals surface area contributed by atoms with E-state index < -0.39 is 0 Å². The molecular weight excluding hydrogens is 387 g/mol. The summed E-state index contributed by atoms with van der Waals surface area (Å²) in [6, 6.07) is 11.9. The number of nitrogens with zero attached hydrogens (tertiary/aromatic N) is 2. The molecular formula is C20H20Cl2N2O3. The van der Waals surface area contributed by atoms with E-state index in [4.69, 9.17) is 27.9 Å². The van der Waals surface area contributed by atoms with Gasteiger partial charge in [0.1, 0.15) is 5.75 Å². The largest absolute Gasteiger partial charge is 0.497 e. The van der Waals surface area contributed by atoms with Crippen LogP contribution in [0.3, 0.4) is 0 Å². The molecule has 0 N–H and O–H groups in total. The van der Waals surface area contributed by atoms with Gasteiger partial charge in [-0.2, -0.15) is 0 Å². The van der Waals surface area contributed by atoms with Gasteiger partial charge in [-0.05, 0) is 48.9 Å². The summed E-state index contributed by atoms with van der Waals surface area (Å²) >= 11 is 12.1. The predicted molar refractivity (Wildman–Crippen MR) is 106 cm³/mol. The van der Waals surface area contributed by atoms with Gasteiger partial charge in [0.05, 0.1) is 17.7 Å². The second-order valence-corrected chi connectivity index (χ2v) is 7.13. The van der Waals surface area contributed by atoms with Gasteiger partial charge in [-0.15, -0.1) is 0 Å². The van der Waals surface area contributed by atoms with Crippen molar-refractivity contribution in [3.63, 3.8) is 0 Å². The number of rotatable bonds is 3. The van der Waals surface area contributed by atoms with Crippen molar-refractivity contribution in [2.24, 2.45) is 0 Å². The lowest BCUT2D eigenvalue weighted by Crippen LogP contribution is -2.37. The molecule has 0 radical (unpaired) electrons. The Bertz CT molecular complexity index is 840. The fourth-order valence-electron chi connectivity index (χ4n) is 3.07. The molecule has 3 rings (SSSR count). The number of hydrogen-bond acceptors (Lipinski definition) is 3. The molecule has 0 saturated carbocycles. The Hall–Kier alpha value is -2.24. The zero-order valence-corrected chi connectivity index (χ0v) is 16.5. The van der Waals surface area contributed by atoms with E-state index in [2.05, 4.69) is 0 Å². The van der Waals surface area contributed by atoms with Crippen LogP contribution in [0.4, 0.5) is 0 Å². The minimum absolute atomic E-state index is 0.0484. The van der Waals surface area contributed by atoms with Crippen molar-refractivity contribution in [3.8, 4) is 5.75 Å². The number of hydrogen-bond donors (Lipinski definition) is 0. The van der Waals surface area contributed by atoms with E-state index in [1.165, 1.54) is 0 Å². The van der Waals surface area contributed by atoms with Crippen LogP contribution in [0.15, 0.2) is 42.5 Å². The zero-order valence-electron chi connectivity index (χ0n) is 15.0. The Morgan fingerprint density at radius 2 is 1.52 bits per heavy atom. The molecule has 142 valence electrons. The normalized spacial score (nSPS) is 14.6. The van der Waals surface area contributed by atoms with E-state index >= 15 is 0 Å². The first kappa shape index (κ1) is 19.5. The van der Waals surface area contributed by atoms with Crippen molar-refractivity contribution in [1.82, 2.24) is 9.80 Å². The Balaban J connectivity index is 1.68. The highest BCUT2D eigenvalue weighted by atomic mass is 35.5. The van der Waals surface area contributed by atoms with E-state index in [1.54, 1.807) is 59.4 Å². The molecule has 1 aliphatic rings. The maximum absolute atomic E-state index is 12.8. The summed E-state index contributed by atoms with van der Waals surface area (Å²) in [5, 5.41) is 0.841. The number of benzene rings is 2. The zero-order chi connectivity index (χ0) is 19.4. The summed E-state index contributed by atoms with van der Waals surface area (Å²) in [5.41, 5.74) is 0.993. The number of halogens is 2. The average molecular weight is 407 g/mol. The summed E-state index contributed by atoms with van der Waals surface area (Å²) in [4.78, 5) is 29.0. The quantitative estimate of drug-likeness (QED) is 0.773. The third-order valence-electron chi connectivity index (χ3n) is 4.57. The van der Waals surface area contributed by atoms with Gasteiger partial charge in [-0.25, -0.2) is 0 Å². The topological polar surface area (TPSA) is 49.9 Å². The van der Waals surface area contributed by atoms with E-state index in [0.29, 0.717) is 59.5 Å². The maximum atomic E-state index is 12.8. The first-order valence-electron chi connectivity index (χ1n) is 8.67. The minimum Gasteiger partial charge on any atom is -0.497 e. The van der Waals surface area contributed by atoms with Gasteiger partial charge in [0.15, 0.2) is 0 Å². The second-order valence-electron chi connectivity index (χ2n) is 6.29. The molecule has 2 amide bonds. The van der Waals surface area contributed by atoms with Gasteiger partial charge in [0, 0.05) is 36.8 Å². The van der Waals surface area contributed by atoms with Crippen LogP contribution in [0.25, 0.3) is 0 Å². The molecule has 2 aromatic rings. The molecule has 27 heavy (non-hydrogen) atoms. The summed E-state index contributed by atoms with van der Waals surface area (Å²) in [6.45, 7) is 2.07. The van der Waals surface area contributed by atoms with Gasteiger partial charge in [-0.1, -0.05) is 23.2 Å². The summed E-state index contributed by atoms with van der Waals surface area (Å²) in [6.07, 6.45) is 0.700. The molecule has 0 spiro atoms. The molecule has 1 saturated heterocycles. The molecule has 1 aliphatic heterocycles. The number of carbonyl (C=O) groups excluding carboxylic acids is 2. The first-order chi connectivity index (χ1) is 13.0. The Kier molecular flexibility index (Phi) is 6.24. The Morgan fingerprint density at radius 3 is 2.15 bits per heavy atom. The van der Waals surface area contributed by atoms with E-state index in [0.717, 1.165) is 0 Å². The van der Waals surface area contributed by atoms with Crippen LogP contribution in [0.5, 0.6) is 5.75 Å². The lowest BCUT2D eigenvalue weighted by atomic mass is 10.2. The molecule has 1 heterocycles. The van der Waals surface area contributed by atoms with Crippen LogP contribution in [0, 0.1) is 0 Å². The second kappa shape index (κ2) is 8.63. The highest BCUT2D eigenvalue weighted by molar-refractivity contribution is 6.35. The van der Waals surface area contributed by atoms with Gasteiger partial charge in [0.2, 0.25) is 0 Å². The SMILES string of the molecule is COc1ccc(C(=O)N2CCCN(C(=O)c3cc(Cl)ccc3Cl)CC2)cc1. The molecule has 1 fully saturated rings.